The molecule has 1 aliphatic rings. The fraction of sp³-hybridized carbons (Fsp3) is 0.471. The summed E-state index contributed by atoms with van der Waals surface area (Å²) in [7, 11) is 1.63. The number of hydrogen-bond acceptors (Lipinski definition) is 4. The molecule has 22 heavy (non-hydrogen) atoms. The lowest BCUT2D eigenvalue weighted by molar-refractivity contribution is -0.116. The third kappa shape index (κ3) is 5.87. The van der Waals surface area contributed by atoms with Crippen molar-refractivity contribution >= 4 is 12.0 Å². The Morgan fingerprint density at radius 1 is 1.32 bits per heavy atom. The van der Waals surface area contributed by atoms with Crippen LogP contribution >= 0.6 is 0 Å². The van der Waals surface area contributed by atoms with Gasteiger partial charge in [-0.25, -0.2) is 0 Å². The van der Waals surface area contributed by atoms with Crippen molar-refractivity contribution in [1.29, 1.82) is 0 Å². The van der Waals surface area contributed by atoms with Crippen LogP contribution in [0.4, 0.5) is 0 Å². The van der Waals surface area contributed by atoms with Gasteiger partial charge in [-0.15, -0.1) is 0 Å². The number of nitrogens with one attached hydrogen (secondary N) is 1. The quantitative estimate of drug-likeness (QED) is 0.613. The molecule has 0 saturated carbocycles. The number of carbonyl (C=O) groups excluding carboxylic acids is 1. The van der Waals surface area contributed by atoms with Gasteiger partial charge in [0.2, 0.25) is 5.91 Å². The molecule has 1 amide bonds. The van der Waals surface area contributed by atoms with Crippen molar-refractivity contribution in [3.63, 3.8) is 0 Å². The van der Waals surface area contributed by atoms with Crippen molar-refractivity contribution in [2.45, 2.75) is 6.42 Å². The number of nitrogens with zero attached hydrogens (tertiary/aromatic N) is 1. The normalized spacial score (nSPS) is 15.9. The molecule has 1 aromatic rings. The van der Waals surface area contributed by atoms with Crippen LogP contribution < -0.4 is 10.1 Å². The molecule has 1 N–H and O–H groups in total. The van der Waals surface area contributed by atoms with Crippen molar-refractivity contribution in [3.05, 3.63) is 35.9 Å². The second-order valence-electron chi connectivity index (χ2n) is 5.21. The van der Waals surface area contributed by atoms with E-state index in [9.17, 15) is 4.79 Å². The molecular formula is C17H24N2O3. The van der Waals surface area contributed by atoms with Crippen molar-refractivity contribution in [1.82, 2.24) is 10.2 Å². The SMILES string of the molecule is COc1ccc(/C=C/C(=O)NCCCN2CCOCC2)cc1. The second-order valence-corrected chi connectivity index (χ2v) is 5.21. The molecule has 1 fully saturated rings. The third-order valence-corrected chi connectivity index (χ3v) is 3.60. The van der Waals surface area contributed by atoms with Gasteiger partial charge in [0, 0.05) is 25.7 Å². The van der Waals surface area contributed by atoms with Crippen LogP contribution in [0.1, 0.15) is 12.0 Å². The number of morpholine rings is 1. The van der Waals surface area contributed by atoms with Gasteiger partial charge in [-0.1, -0.05) is 12.1 Å². The Balaban J connectivity index is 1.63. The van der Waals surface area contributed by atoms with E-state index in [0.717, 1.165) is 50.6 Å². The van der Waals surface area contributed by atoms with E-state index in [1.54, 1.807) is 19.3 Å². The van der Waals surface area contributed by atoms with E-state index in [4.69, 9.17) is 9.47 Å². The van der Waals surface area contributed by atoms with Gasteiger partial charge < -0.3 is 14.8 Å². The van der Waals surface area contributed by atoms with E-state index in [-0.39, 0.29) is 5.91 Å². The highest BCUT2D eigenvalue weighted by atomic mass is 16.5. The lowest BCUT2D eigenvalue weighted by Gasteiger charge is -2.26. The number of ether oxygens (including phenoxy) is 2. The number of rotatable bonds is 7. The standard InChI is InChI=1S/C17H24N2O3/c1-21-16-6-3-15(4-7-16)5-8-17(20)18-9-2-10-19-11-13-22-14-12-19/h3-8H,2,9-14H2,1H3,(H,18,20)/b8-5+. The van der Waals surface area contributed by atoms with Gasteiger partial charge in [-0.2, -0.15) is 0 Å². The minimum Gasteiger partial charge on any atom is -0.497 e. The van der Waals surface area contributed by atoms with Crippen LogP contribution in [0.5, 0.6) is 5.75 Å². The average Bonchev–Trinajstić information content (AvgIpc) is 2.58. The van der Waals surface area contributed by atoms with Gasteiger partial charge >= 0.3 is 0 Å². The lowest BCUT2D eigenvalue weighted by atomic mass is 10.2. The molecule has 1 heterocycles. The molecule has 120 valence electrons. The van der Waals surface area contributed by atoms with Crippen LogP contribution in [0.2, 0.25) is 0 Å². The van der Waals surface area contributed by atoms with E-state index in [1.807, 2.05) is 24.3 Å². The first-order valence-electron chi connectivity index (χ1n) is 7.68. The highest BCUT2D eigenvalue weighted by molar-refractivity contribution is 5.91. The minimum absolute atomic E-state index is 0.0576. The maximum Gasteiger partial charge on any atom is 0.243 e. The minimum atomic E-state index is -0.0576. The molecule has 0 aromatic heterocycles. The summed E-state index contributed by atoms with van der Waals surface area (Å²) >= 11 is 0. The maximum absolute atomic E-state index is 11.7. The second kappa shape index (κ2) is 9.23. The molecule has 1 saturated heterocycles. The summed E-state index contributed by atoms with van der Waals surface area (Å²) in [6.45, 7) is 5.32. The molecular weight excluding hydrogens is 280 g/mol. The van der Waals surface area contributed by atoms with E-state index in [1.165, 1.54) is 0 Å². The Bertz CT molecular complexity index is 479. The average molecular weight is 304 g/mol. The Morgan fingerprint density at radius 2 is 2.05 bits per heavy atom. The highest BCUT2D eigenvalue weighted by Crippen LogP contribution is 2.12. The summed E-state index contributed by atoms with van der Waals surface area (Å²) in [4.78, 5) is 14.1. The van der Waals surface area contributed by atoms with Gasteiger partial charge in [-0.05, 0) is 36.7 Å². The molecule has 5 nitrogen and oxygen atoms in total. The van der Waals surface area contributed by atoms with Gasteiger partial charge in [-0.3, -0.25) is 9.69 Å². The molecule has 5 heteroatoms. The summed E-state index contributed by atoms with van der Waals surface area (Å²) in [5.74, 6) is 0.752. The Kier molecular flexibility index (Phi) is 6.93. The van der Waals surface area contributed by atoms with Crippen LogP contribution in [0.3, 0.4) is 0 Å². The van der Waals surface area contributed by atoms with Crippen LogP contribution in [0.15, 0.2) is 30.3 Å². The molecule has 1 aromatic carbocycles. The zero-order valence-electron chi connectivity index (χ0n) is 13.1. The molecule has 0 bridgehead atoms. The van der Waals surface area contributed by atoms with E-state index in [2.05, 4.69) is 10.2 Å². The molecule has 0 radical (unpaired) electrons. The topological polar surface area (TPSA) is 50.8 Å². The van der Waals surface area contributed by atoms with Crippen molar-refractivity contribution in [3.8, 4) is 5.75 Å². The molecule has 0 aliphatic carbocycles. The first kappa shape index (κ1) is 16.5. The summed E-state index contributed by atoms with van der Waals surface area (Å²) in [6, 6.07) is 7.59. The fourth-order valence-corrected chi connectivity index (χ4v) is 2.28. The number of amides is 1. The molecule has 0 spiro atoms. The van der Waals surface area contributed by atoms with Crippen LogP contribution in [0, 0.1) is 0 Å². The molecule has 1 aliphatic heterocycles. The van der Waals surface area contributed by atoms with Gasteiger partial charge in [0.25, 0.3) is 0 Å². The summed E-state index contributed by atoms with van der Waals surface area (Å²) in [5, 5.41) is 2.91. The predicted molar refractivity (Wildman–Crippen MR) is 86.9 cm³/mol. The first-order valence-corrected chi connectivity index (χ1v) is 7.68. The molecule has 0 unspecified atom stereocenters. The lowest BCUT2D eigenvalue weighted by Crippen LogP contribution is -2.38. The smallest absolute Gasteiger partial charge is 0.243 e. The Labute approximate surface area is 131 Å². The number of methoxy groups -OCH3 is 1. The van der Waals surface area contributed by atoms with Crippen LogP contribution in [-0.4, -0.2) is 57.3 Å². The Morgan fingerprint density at radius 3 is 2.73 bits per heavy atom. The Hall–Kier alpha value is -1.85. The highest BCUT2D eigenvalue weighted by Gasteiger charge is 2.09. The van der Waals surface area contributed by atoms with E-state index < -0.39 is 0 Å². The van der Waals surface area contributed by atoms with Crippen LogP contribution in [-0.2, 0) is 9.53 Å². The van der Waals surface area contributed by atoms with Gasteiger partial charge in [0.05, 0.1) is 20.3 Å². The fourth-order valence-electron chi connectivity index (χ4n) is 2.28. The first-order chi connectivity index (χ1) is 10.8. The van der Waals surface area contributed by atoms with Crippen LogP contribution in [0.25, 0.3) is 6.08 Å². The van der Waals surface area contributed by atoms with Gasteiger partial charge in [0.15, 0.2) is 0 Å². The zero-order chi connectivity index (χ0) is 15.6. The third-order valence-electron chi connectivity index (χ3n) is 3.60. The molecule has 0 atom stereocenters. The van der Waals surface area contributed by atoms with Crippen molar-refractivity contribution in [2.75, 3.05) is 46.5 Å². The number of benzene rings is 1. The number of hydrogen-bond donors (Lipinski definition) is 1. The van der Waals surface area contributed by atoms with E-state index in [0.29, 0.717) is 6.54 Å². The maximum atomic E-state index is 11.7. The van der Waals surface area contributed by atoms with Crippen molar-refractivity contribution in [2.24, 2.45) is 0 Å². The predicted octanol–water partition coefficient (Wildman–Crippen LogP) is 1.55. The van der Waals surface area contributed by atoms with Gasteiger partial charge in [0.1, 0.15) is 5.75 Å². The summed E-state index contributed by atoms with van der Waals surface area (Å²) < 4.78 is 10.4. The molecule has 2 rings (SSSR count). The summed E-state index contributed by atoms with van der Waals surface area (Å²) in [5.41, 5.74) is 0.976. The van der Waals surface area contributed by atoms with E-state index >= 15 is 0 Å². The zero-order valence-corrected chi connectivity index (χ0v) is 13.1. The monoisotopic (exact) mass is 304 g/mol. The largest absolute Gasteiger partial charge is 0.497 e. The van der Waals surface area contributed by atoms with Crippen molar-refractivity contribution < 1.29 is 14.3 Å². The summed E-state index contributed by atoms with van der Waals surface area (Å²) in [6.07, 6.45) is 4.33. The number of carbonyl (C=O) groups is 1.